The Morgan fingerprint density at radius 2 is 0.853 bits per heavy atom. The highest BCUT2D eigenvalue weighted by molar-refractivity contribution is 7.45. The van der Waals surface area contributed by atoms with Crippen LogP contribution in [0.5, 0.6) is 0 Å². The first-order valence-corrected chi connectivity index (χ1v) is 33.1. The molecule has 0 heterocycles. The van der Waals surface area contributed by atoms with E-state index in [0.29, 0.717) is 23.9 Å². The summed E-state index contributed by atoms with van der Waals surface area (Å²) < 4.78 is 30.3. The zero-order valence-electron chi connectivity index (χ0n) is 50.0. The number of amides is 1. The minimum absolute atomic E-state index is 0.0266. The monoisotopic (exact) mass is 1070 g/mol. The Morgan fingerprint density at radius 3 is 1.29 bits per heavy atom. The van der Waals surface area contributed by atoms with Crippen molar-refractivity contribution in [2.45, 2.75) is 303 Å². The van der Waals surface area contributed by atoms with Gasteiger partial charge in [0.05, 0.1) is 33.8 Å². The number of hydrogen-bond acceptors (Lipinski definition) is 7. The Balaban J connectivity index is 5.16. The van der Waals surface area contributed by atoms with Crippen molar-refractivity contribution in [1.29, 1.82) is 0 Å². The second kappa shape index (κ2) is 55.0. The van der Waals surface area contributed by atoms with Crippen molar-refractivity contribution in [3.8, 4) is 0 Å². The van der Waals surface area contributed by atoms with Crippen LogP contribution in [-0.2, 0) is 27.9 Å². The van der Waals surface area contributed by atoms with Gasteiger partial charge in [0.15, 0.2) is 0 Å². The summed E-state index contributed by atoms with van der Waals surface area (Å²) in [5.74, 6) is -0.561. The standard InChI is InChI=1S/C65H121N2O7P/c1-7-10-13-16-19-22-25-28-30-31-32-33-34-35-36-37-38-39-42-45-48-51-54-57-64(68)66-62(61-73-75(70,71)72-60-59-67(4,5)6)63(56-53-50-47-44-41-27-24-21-18-15-12-9-3)74-65(69)58-55-52-49-46-43-40-29-26-23-20-17-14-11-8-2/h11,14,20,23,28-30,40,53,56,62-63H,7-10,12-13,15-19,21-22,24-27,31-39,41-52,54-55,57-61H2,1-6H3,(H-,66,68,70,71)/b14-11+,23-20+,30-28+,40-29+,56-53-. The smallest absolute Gasteiger partial charge is 0.306 e. The average Bonchev–Trinajstić information content (AvgIpc) is 3.37. The van der Waals surface area contributed by atoms with E-state index < -0.39 is 26.6 Å². The van der Waals surface area contributed by atoms with Crippen LogP contribution >= 0.6 is 7.82 Å². The van der Waals surface area contributed by atoms with Gasteiger partial charge in [-0.05, 0) is 89.5 Å². The number of nitrogens with zero attached hydrogens (tertiary/aromatic N) is 1. The maximum absolute atomic E-state index is 13.5. The van der Waals surface area contributed by atoms with E-state index in [2.05, 4.69) is 74.7 Å². The molecule has 0 rings (SSSR count). The summed E-state index contributed by atoms with van der Waals surface area (Å²) in [4.78, 5) is 40.0. The van der Waals surface area contributed by atoms with Gasteiger partial charge in [-0.25, -0.2) is 0 Å². The van der Waals surface area contributed by atoms with Crippen LogP contribution in [0.1, 0.15) is 290 Å². The van der Waals surface area contributed by atoms with Gasteiger partial charge in [0.1, 0.15) is 19.3 Å². The Kier molecular flexibility index (Phi) is 53.4. The van der Waals surface area contributed by atoms with E-state index in [9.17, 15) is 19.0 Å². The SMILES string of the molecule is CC/C=C/C/C=C/C/C=C/CCCCCCC(=O)OC(/C=C\CCCCCCCCCCCC)C(COP(=O)([O-])OCC[N+](C)(C)C)NC(=O)CCCCCCCCCCCCCCC/C=C/CCCCCCCC. The van der Waals surface area contributed by atoms with Gasteiger partial charge in [-0.15, -0.1) is 0 Å². The molecule has 438 valence electrons. The molecule has 0 saturated heterocycles. The van der Waals surface area contributed by atoms with Gasteiger partial charge in [0, 0.05) is 12.8 Å². The summed E-state index contributed by atoms with van der Waals surface area (Å²) >= 11 is 0. The van der Waals surface area contributed by atoms with Crippen LogP contribution in [0.2, 0.25) is 0 Å². The van der Waals surface area contributed by atoms with E-state index in [4.69, 9.17) is 13.8 Å². The molecule has 0 fully saturated rings. The lowest BCUT2D eigenvalue weighted by Crippen LogP contribution is -2.47. The van der Waals surface area contributed by atoms with Crippen molar-refractivity contribution in [2.75, 3.05) is 40.9 Å². The Labute approximate surface area is 464 Å². The second-order valence-corrected chi connectivity index (χ2v) is 23.9. The van der Waals surface area contributed by atoms with Crippen LogP contribution in [0.3, 0.4) is 0 Å². The molecule has 0 aromatic rings. The van der Waals surface area contributed by atoms with Crippen molar-refractivity contribution in [2.24, 2.45) is 0 Å². The van der Waals surface area contributed by atoms with Gasteiger partial charge < -0.3 is 28.5 Å². The summed E-state index contributed by atoms with van der Waals surface area (Å²) in [5.41, 5.74) is 0. The van der Waals surface area contributed by atoms with Crippen molar-refractivity contribution in [3.05, 3.63) is 60.8 Å². The number of esters is 1. The number of ether oxygens (including phenoxy) is 1. The maximum Gasteiger partial charge on any atom is 0.306 e. The lowest BCUT2D eigenvalue weighted by Gasteiger charge is -2.30. The molecule has 10 heteroatoms. The molecule has 0 spiro atoms. The maximum atomic E-state index is 13.5. The molecule has 9 nitrogen and oxygen atoms in total. The molecule has 1 amide bonds. The number of phosphoric acid groups is 1. The predicted molar refractivity (Wildman–Crippen MR) is 321 cm³/mol. The van der Waals surface area contributed by atoms with Gasteiger partial charge in [-0.1, -0.05) is 249 Å². The van der Waals surface area contributed by atoms with E-state index >= 15 is 0 Å². The van der Waals surface area contributed by atoms with Gasteiger partial charge in [-0.3, -0.25) is 14.2 Å². The zero-order valence-corrected chi connectivity index (χ0v) is 50.9. The average molecular weight is 1070 g/mol. The third-order valence-electron chi connectivity index (χ3n) is 13.9. The summed E-state index contributed by atoms with van der Waals surface area (Å²) in [6, 6.07) is -0.897. The number of carbonyl (C=O) groups is 2. The fraction of sp³-hybridized carbons (Fsp3) is 0.815. The molecule has 0 aromatic heterocycles. The highest BCUT2D eigenvalue weighted by atomic mass is 31.2. The van der Waals surface area contributed by atoms with Crippen LogP contribution in [0.25, 0.3) is 0 Å². The molecule has 0 aromatic carbocycles. The summed E-state index contributed by atoms with van der Waals surface area (Å²) in [5, 5.41) is 3.03. The second-order valence-electron chi connectivity index (χ2n) is 22.5. The number of nitrogens with one attached hydrogen (secondary N) is 1. The summed E-state index contributed by atoms with van der Waals surface area (Å²) in [7, 11) is 1.17. The Morgan fingerprint density at radius 1 is 0.480 bits per heavy atom. The summed E-state index contributed by atoms with van der Waals surface area (Å²) in [6.45, 7) is 6.73. The first-order chi connectivity index (χ1) is 36.4. The molecule has 0 saturated carbocycles. The third-order valence-corrected chi connectivity index (χ3v) is 14.9. The first-order valence-electron chi connectivity index (χ1n) is 31.6. The quantitative estimate of drug-likeness (QED) is 0.0212. The number of unbranched alkanes of at least 4 members (excludes halogenated alkanes) is 33. The topological polar surface area (TPSA) is 114 Å². The molecule has 3 unspecified atom stereocenters. The van der Waals surface area contributed by atoms with Gasteiger partial charge in [0.25, 0.3) is 7.82 Å². The largest absolute Gasteiger partial charge is 0.756 e. The van der Waals surface area contributed by atoms with Gasteiger partial charge in [0.2, 0.25) is 5.91 Å². The highest BCUT2D eigenvalue weighted by Gasteiger charge is 2.27. The number of rotatable bonds is 57. The lowest BCUT2D eigenvalue weighted by atomic mass is 10.0. The molecule has 0 bridgehead atoms. The molecular formula is C65H121N2O7P. The van der Waals surface area contributed by atoms with Crippen LogP contribution in [0.4, 0.5) is 0 Å². The van der Waals surface area contributed by atoms with Crippen LogP contribution in [0, 0.1) is 0 Å². The van der Waals surface area contributed by atoms with E-state index in [-0.39, 0.29) is 24.9 Å². The number of phosphoric ester groups is 1. The number of quaternary nitrogens is 1. The minimum atomic E-state index is -4.70. The molecule has 75 heavy (non-hydrogen) atoms. The number of carbonyl (C=O) groups excluding carboxylic acids is 2. The predicted octanol–water partition coefficient (Wildman–Crippen LogP) is 18.8. The molecule has 1 N–H and O–H groups in total. The van der Waals surface area contributed by atoms with Gasteiger partial charge in [-0.2, -0.15) is 0 Å². The Hall–Kier alpha value is -2.29. The van der Waals surface area contributed by atoms with Crippen LogP contribution < -0.4 is 10.2 Å². The molecule has 0 aliphatic carbocycles. The molecule has 0 radical (unpaired) electrons. The number of allylic oxidation sites excluding steroid dienone is 9. The number of likely N-dealkylation sites (N-methyl/N-ethyl adjacent to an activating group) is 1. The van der Waals surface area contributed by atoms with Gasteiger partial charge >= 0.3 is 5.97 Å². The van der Waals surface area contributed by atoms with Crippen molar-refractivity contribution in [3.63, 3.8) is 0 Å². The fourth-order valence-corrected chi connectivity index (χ4v) is 9.78. The fourth-order valence-electron chi connectivity index (χ4n) is 9.06. The van der Waals surface area contributed by atoms with Crippen LogP contribution in [-0.4, -0.2) is 69.4 Å². The molecule has 0 aliphatic heterocycles. The van der Waals surface area contributed by atoms with E-state index in [1.54, 1.807) is 0 Å². The first kappa shape index (κ1) is 72.7. The zero-order chi connectivity index (χ0) is 55.0. The molecule has 0 aliphatic rings. The molecular weight excluding hydrogens is 952 g/mol. The third kappa shape index (κ3) is 56.2. The lowest BCUT2D eigenvalue weighted by molar-refractivity contribution is -0.870. The van der Waals surface area contributed by atoms with E-state index in [1.807, 2.05) is 33.3 Å². The Bertz CT molecular complexity index is 1470. The highest BCUT2D eigenvalue weighted by Crippen LogP contribution is 2.38. The number of hydrogen-bond donors (Lipinski definition) is 1. The summed E-state index contributed by atoms with van der Waals surface area (Å²) in [6.07, 6.45) is 69.1. The minimum Gasteiger partial charge on any atom is -0.756 e. The van der Waals surface area contributed by atoms with Crippen molar-refractivity contribution in [1.82, 2.24) is 5.32 Å². The normalized spacial score (nSPS) is 14.1. The van der Waals surface area contributed by atoms with E-state index in [0.717, 1.165) is 83.5 Å². The van der Waals surface area contributed by atoms with E-state index in [1.165, 1.54) is 167 Å². The molecule has 3 atom stereocenters. The van der Waals surface area contributed by atoms with Crippen molar-refractivity contribution < 1.29 is 37.3 Å². The van der Waals surface area contributed by atoms with Crippen LogP contribution in [0.15, 0.2) is 60.8 Å². The van der Waals surface area contributed by atoms with Crippen molar-refractivity contribution >= 4 is 19.7 Å².